The average Bonchev–Trinajstić information content (AvgIpc) is 3.43. The van der Waals surface area contributed by atoms with Crippen LogP contribution >= 0.6 is 0 Å². The average molecular weight is 362 g/mol. The summed E-state index contributed by atoms with van der Waals surface area (Å²) >= 11 is 0. The van der Waals surface area contributed by atoms with Gasteiger partial charge >= 0.3 is 5.97 Å². The first kappa shape index (κ1) is 17.3. The zero-order chi connectivity index (χ0) is 18.7. The second-order valence-corrected chi connectivity index (χ2v) is 6.98. The number of H-pyrrole nitrogens is 1. The van der Waals surface area contributed by atoms with Crippen LogP contribution in [-0.4, -0.2) is 30.0 Å². The fourth-order valence-electron chi connectivity index (χ4n) is 3.49. The Bertz CT molecular complexity index is 958. The summed E-state index contributed by atoms with van der Waals surface area (Å²) in [5.74, 6) is -0.576. The first-order valence-corrected chi connectivity index (χ1v) is 9.23. The van der Waals surface area contributed by atoms with E-state index in [1.54, 1.807) is 0 Å². The van der Waals surface area contributed by atoms with Crippen molar-refractivity contribution < 1.29 is 14.3 Å². The van der Waals surface area contributed by atoms with Gasteiger partial charge in [-0.25, -0.2) is 0 Å². The van der Waals surface area contributed by atoms with Crippen LogP contribution < -0.4 is 5.32 Å². The zero-order valence-electron chi connectivity index (χ0n) is 15.0. The van der Waals surface area contributed by atoms with E-state index in [1.165, 1.54) is 0 Å². The molecule has 4 rings (SSSR count). The number of fused-ring (bicyclic) bond motifs is 1. The highest BCUT2D eigenvalue weighted by atomic mass is 16.5. The lowest BCUT2D eigenvalue weighted by atomic mass is 9.96. The van der Waals surface area contributed by atoms with Crippen LogP contribution in [0.15, 0.2) is 60.8 Å². The molecule has 5 nitrogen and oxygen atoms in total. The molecule has 1 aliphatic rings. The highest BCUT2D eigenvalue weighted by molar-refractivity contribution is 5.89. The Balaban J connectivity index is 1.25. The molecular formula is C22H22N2O3. The van der Waals surface area contributed by atoms with Crippen LogP contribution in [0.3, 0.4) is 0 Å². The minimum absolute atomic E-state index is 0.235. The topological polar surface area (TPSA) is 71.2 Å². The molecular weight excluding hydrogens is 340 g/mol. The Morgan fingerprint density at radius 3 is 2.56 bits per heavy atom. The van der Waals surface area contributed by atoms with E-state index < -0.39 is 5.41 Å². The van der Waals surface area contributed by atoms with Crippen molar-refractivity contribution in [2.75, 3.05) is 13.2 Å². The van der Waals surface area contributed by atoms with Gasteiger partial charge in [0.2, 0.25) is 0 Å². The highest BCUT2D eigenvalue weighted by Gasteiger charge is 2.52. The van der Waals surface area contributed by atoms with Gasteiger partial charge in [0.25, 0.3) is 5.91 Å². The molecule has 1 saturated carbocycles. The summed E-state index contributed by atoms with van der Waals surface area (Å²) in [6.07, 6.45) is 4.24. The van der Waals surface area contributed by atoms with Crippen molar-refractivity contribution in [1.29, 1.82) is 0 Å². The number of para-hydroxylation sites is 1. The van der Waals surface area contributed by atoms with Gasteiger partial charge in [-0.15, -0.1) is 0 Å². The Morgan fingerprint density at radius 2 is 1.78 bits per heavy atom. The van der Waals surface area contributed by atoms with Gasteiger partial charge in [-0.2, -0.15) is 0 Å². The number of aromatic nitrogens is 1. The van der Waals surface area contributed by atoms with Crippen LogP contribution in [0, 0.1) is 0 Å². The normalized spacial score (nSPS) is 14.7. The molecule has 2 aromatic carbocycles. The SMILES string of the molecule is O=C(COC(=O)C1(c2ccccc2)CC1)NCCc1c[nH]c2ccccc12. The molecule has 0 atom stereocenters. The summed E-state index contributed by atoms with van der Waals surface area (Å²) in [5.41, 5.74) is 2.66. The summed E-state index contributed by atoms with van der Waals surface area (Å²) in [7, 11) is 0. The van der Waals surface area contributed by atoms with Crippen molar-refractivity contribution in [1.82, 2.24) is 10.3 Å². The third-order valence-electron chi connectivity index (χ3n) is 5.19. The number of hydrogen-bond acceptors (Lipinski definition) is 3. The molecule has 0 saturated heterocycles. The van der Waals surface area contributed by atoms with Gasteiger partial charge in [0.15, 0.2) is 6.61 Å². The second kappa shape index (κ2) is 7.27. The van der Waals surface area contributed by atoms with Crippen LogP contribution in [0.1, 0.15) is 24.0 Å². The third-order valence-corrected chi connectivity index (χ3v) is 5.19. The number of esters is 1. The van der Waals surface area contributed by atoms with E-state index in [0.29, 0.717) is 6.54 Å². The standard InChI is InChI=1S/C22H22N2O3/c25-20(23-13-10-16-14-24-19-9-5-4-8-18(16)19)15-27-21(26)22(11-12-22)17-6-2-1-3-7-17/h1-9,14,24H,10-13,15H2,(H,23,25). The van der Waals surface area contributed by atoms with E-state index in [9.17, 15) is 9.59 Å². The number of carbonyl (C=O) groups is 2. The minimum Gasteiger partial charge on any atom is -0.455 e. The molecule has 0 bridgehead atoms. The molecule has 0 unspecified atom stereocenters. The molecule has 27 heavy (non-hydrogen) atoms. The van der Waals surface area contributed by atoms with E-state index in [1.807, 2.05) is 54.7 Å². The Hall–Kier alpha value is -3.08. The highest BCUT2D eigenvalue weighted by Crippen LogP contribution is 2.49. The van der Waals surface area contributed by atoms with Gasteiger partial charge in [-0.1, -0.05) is 48.5 Å². The van der Waals surface area contributed by atoms with Gasteiger partial charge in [0.05, 0.1) is 5.41 Å². The van der Waals surface area contributed by atoms with Crippen LogP contribution in [0.4, 0.5) is 0 Å². The molecule has 2 N–H and O–H groups in total. The quantitative estimate of drug-likeness (QED) is 0.635. The van der Waals surface area contributed by atoms with Crippen molar-refractivity contribution >= 4 is 22.8 Å². The summed E-state index contributed by atoms with van der Waals surface area (Å²) in [4.78, 5) is 27.7. The maximum absolute atomic E-state index is 12.4. The van der Waals surface area contributed by atoms with Crippen LogP contribution in [-0.2, 0) is 26.2 Å². The number of rotatable bonds is 7. The van der Waals surface area contributed by atoms with Gasteiger partial charge < -0.3 is 15.0 Å². The zero-order valence-corrected chi connectivity index (χ0v) is 15.0. The van der Waals surface area contributed by atoms with Crippen molar-refractivity contribution in [3.63, 3.8) is 0 Å². The van der Waals surface area contributed by atoms with E-state index in [2.05, 4.69) is 16.4 Å². The fraction of sp³-hybridized carbons (Fsp3) is 0.273. The summed E-state index contributed by atoms with van der Waals surface area (Å²) in [5, 5.41) is 3.99. The number of nitrogens with one attached hydrogen (secondary N) is 2. The number of benzene rings is 2. The summed E-state index contributed by atoms with van der Waals surface area (Å²) < 4.78 is 5.29. The Labute approximate surface area is 157 Å². The molecule has 5 heteroatoms. The van der Waals surface area contributed by atoms with Gasteiger partial charge in [0.1, 0.15) is 0 Å². The predicted molar refractivity (Wildman–Crippen MR) is 103 cm³/mol. The van der Waals surface area contributed by atoms with Crippen molar-refractivity contribution in [3.05, 3.63) is 71.9 Å². The smallest absolute Gasteiger partial charge is 0.317 e. The van der Waals surface area contributed by atoms with E-state index >= 15 is 0 Å². The van der Waals surface area contributed by atoms with E-state index in [0.717, 1.165) is 41.3 Å². The lowest BCUT2D eigenvalue weighted by Crippen LogP contribution is -2.33. The molecule has 1 amide bonds. The number of ether oxygens (including phenoxy) is 1. The second-order valence-electron chi connectivity index (χ2n) is 6.98. The number of carbonyl (C=O) groups excluding carboxylic acids is 2. The molecule has 138 valence electrons. The molecule has 1 aromatic heterocycles. The van der Waals surface area contributed by atoms with Crippen molar-refractivity contribution in [3.8, 4) is 0 Å². The van der Waals surface area contributed by atoms with Gasteiger partial charge in [-0.3, -0.25) is 9.59 Å². The molecule has 0 radical (unpaired) electrons. The van der Waals surface area contributed by atoms with Crippen molar-refractivity contribution in [2.24, 2.45) is 0 Å². The monoisotopic (exact) mass is 362 g/mol. The summed E-state index contributed by atoms with van der Waals surface area (Å²) in [6.45, 7) is 0.267. The molecule has 3 aromatic rings. The molecule has 0 spiro atoms. The molecule has 0 aliphatic heterocycles. The fourth-order valence-corrected chi connectivity index (χ4v) is 3.49. The van der Waals surface area contributed by atoms with Crippen molar-refractivity contribution in [2.45, 2.75) is 24.7 Å². The van der Waals surface area contributed by atoms with Gasteiger partial charge in [-0.05, 0) is 36.5 Å². The lowest BCUT2D eigenvalue weighted by Gasteiger charge is -2.14. The number of amides is 1. The van der Waals surface area contributed by atoms with Crippen LogP contribution in [0.2, 0.25) is 0 Å². The van der Waals surface area contributed by atoms with Crippen LogP contribution in [0.25, 0.3) is 10.9 Å². The van der Waals surface area contributed by atoms with E-state index in [-0.39, 0.29) is 18.5 Å². The first-order valence-electron chi connectivity index (χ1n) is 9.23. The maximum atomic E-state index is 12.4. The van der Waals surface area contributed by atoms with E-state index in [4.69, 9.17) is 4.74 Å². The maximum Gasteiger partial charge on any atom is 0.317 e. The number of hydrogen-bond donors (Lipinski definition) is 2. The minimum atomic E-state index is -0.550. The largest absolute Gasteiger partial charge is 0.455 e. The Kier molecular flexibility index (Phi) is 4.67. The molecule has 1 heterocycles. The van der Waals surface area contributed by atoms with Crippen LogP contribution in [0.5, 0.6) is 0 Å². The predicted octanol–water partition coefficient (Wildman–Crippen LogP) is 3.10. The third kappa shape index (κ3) is 3.58. The van der Waals surface area contributed by atoms with Gasteiger partial charge in [0, 0.05) is 23.6 Å². The molecule has 1 aliphatic carbocycles. The lowest BCUT2D eigenvalue weighted by molar-refractivity contribution is -0.151. The Morgan fingerprint density at radius 1 is 1.04 bits per heavy atom. The number of aromatic amines is 1. The molecule has 1 fully saturated rings. The summed E-state index contributed by atoms with van der Waals surface area (Å²) in [6, 6.07) is 17.7. The first-order chi connectivity index (χ1) is 13.2.